The molecule has 1 saturated carbocycles. The smallest absolute Gasteiger partial charge is 0.128 e. The van der Waals surface area contributed by atoms with Gasteiger partial charge in [-0.3, -0.25) is 0 Å². The van der Waals surface area contributed by atoms with E-state index >= 15 is 0 Å². The van der Waals surface area contributed by atoms with E-state index in [1.54, 1.807) is 0 Å². The van der Waals surface area contributed by atoms with Gasteiger partial charge in [0.1, 0.15) is 5.82 Å². The first-order chi connectivity index (χ1) is 10.2. The first-order valence-corrected chi connectivity index (χ1v) is 8.16. The SMILES string of the molecule is CCCc1cc(CNC)cc(N(C)CCOCC2CC2)n1. The molecule has 1 aromatic heterocycles. The Hall–Kier alpha value is -1.13. The molecule has 0 amide bonds. The Morgan fingerprint density at radius 2 is 2.19 bits per heavy atom. The van der Waals surface area contributed by atoms with Gasteiger partial charge in [0.05, 0.1) is 6.61 Å². The van der Waals surface area contributed by atoms with Crippen molar-refractivity contribution >= 4 is 5.82 Å². The normalized spacial score (nSPS) is 14.4. The summed E-state index contributed by atoms with van der Waals surface area (Å²) in [5.41, 5.74) is 2.49. The van der Waals surface area contributed by atoms with E-state index in [9.17, 15) is 0 Å². The maximum absolute atomic E-state index is 5.72. The molecule has 0 unspecified atom stereocenters. The minimum atomic E-state index is 0.786. The highest BCUT2D eigenvalue weighted by Crippen LogP contribution is 2.28. The number of aromatic nitrogens is 1. The van der Waals surface area contributed by atoms with Crippen molar-refractivity contribution in [2.75, 3.05) is 38.8 Å². The molecule has 0 radical (unpaired) electrons. The van der Waals surface area contributed by atoms with Crippen LogP contribution in [0.25, 0.3) is 0 Å². The summed E-state index contributed by atoms with van der Waals surface area (Å²) in [6.07, 6.45) is 4.87. The number of hydrogen-bond acceptors (Lipinski definition) is 4. The maximum Gasteiger partial charge on any atom is 0.128 e. The monoisotopic (exact) mass is 291 g/mol. The van der Waals surface area contributed by atoms with Crippen LogP contribution in [0, 0.1) is 5.92 Å². The third-order valence-electron chi connectivity index (χ3n) is 3.82. The lowest BCUT2D eigenvalue weighted by molar-refractivity contribution is 0.131. The zero-order chi connectivity index (χ0) is 15.1. The Balaban J connectivity index is 1.91. The van der Waals surface area contributed by atoms with E-state index in [4.69, 9.17) is 9.72 Å². The number of anilines is 1. The van der Waals surface area contributed by atoms with Gasteiger partial charge >= 0.3 is 0 Å². The van der Waals surface area contributed by atoms with Gasteiger partial charge in [-0.1, -0.05) is 13.3 Å². The lowest BCUT2D eigenvalue weighted by Gasteiger charge is -2.20. The Labute approximate surface area is 128 Å². The lowest BCUT2D eigenvalue weighted by Crippen LogP contribution is -2.24. The highest BCUT2D eigenvalue weighted by molar-refractivity contribution is 5.42. The van der Waals surface area contributed by atoms with Gasteiger partial charge in [-0.05, 0) is 49.9 Å². The summed E-state index contributed by atoms with van der Waals surface area (Å²) in [5, 5.41) is 3.22. The number of rotatable bonds is 10. The summed E-state index contributed by atoms with van der Waals surface area (Å²) in [6.45, 7) is 5.70. The van der Waals surface area contributed by atoms with Gasteiger partial charge in [0.25, 0.3) is 0 Å². The van der Waals surface area contributed by atoms with Crippen molar-refractivity contribution in [3.05, 3.63) is 23.4 Å². The minimum Gasteiger partial charge on any atom is -0.379 e. The zero-order valence-electron chi connectivity index (χ0n) is 13.7. The van der Waals surface area contributed by atoms with Crippen molar-refractivity contribution in [2.45, 2.75) is 39.2 Å². The van der Waals surface area contributed by atoms with E-state index in [-0.39, 0.29) is 0 Å². The molecular weight excluding hydrogens is 262 g/mol. The van der Waals surface area contributed by atoms with Crippen LogP contribution in [0.5, 0.6) is 0 Å². The van der Waals surface area contributed by atoms with Crippen LogP contribution in [0.3, 0.4) is 0 Å². The first-order valence-electron chi connectivity index (χ1n) is 8.16. The van der Waals surface area contributed by atoms with Crippen LogP contribution in [0.2, 0.25) is 0 Å². The molecule has 21 heavy (non-hydrogen) atoms. The topological polar surface area (TPSA) is 37.4 Å². The fourth-order valence-corrected chi connectivity index (χ4v) is 2.37. The molecule has 1 heterocycles. The van der Waals surface area contributed by atoms with Crippen molar-refractivity contribution in [1.82, 2.24) is 10.3 Å². The summed E-state index contributed by atoms with van der Waals surface area (Å²) < 4.78 is 5.72. The molecule has 0 aromatic carbocycles. The molecule has 0 saturated heterocycles. The van der Waals surface area contributed by atoms with Gasteiger partial charge in [-0.25, -0.2) is 4.98 Å². The standard InChI is InChI=1S/C17H29N3O/c1-4-5-16-10-15(12-18-2)11-17(19-16)20(3)8-9-21-13-14-6-7-14/h10-11,14,18H,4-9,12-13H2,1-3H3. The Morgan fingerprint density at radius 1 is 1.38 bits per heavy atom. The molecule has 1 aliphatic carbocycles. The molecule has 0 aliphatic heterocycles. The molecule has 1 N–H and O–H groups in total. The van der Waals surface area contributed by atoms with Crippen LogP contribution in [-0.4, -0.2) is 38.8 Å². The van der Waals surface area contributed by atoms with Gasteiger partial charge in [-0.2, -0.15) is 0 Å². The van der Waals surface area contributed by atoms with Gasteiger partial charge in [0, 0.05) is 32.4 Å². The molecule has 0 atom stereocenters. The van der Waals surface area contributed by atoms with E-state index in [1.807, 2.05) is 7.05 Å². The third-order valence-corrected chi connectivity index (χ3v) is 3.82. The highest BCUT2D eigenvalue weighted by Gasteiger charge is 2.21. The number of pyridine rings is 1. The molecule has 0 spiro atoms. The van der Waals surface area contributed by atoms with Gasteiger partial charge in [0.2, 0.25) is 0 Å². The lowest BCUT2D eigenvalue weighted by atomic mass is 10.1. The number of nitrogens with one attached hydrogen (secondary N) is 1. The summed E-state index contributed by atoms with van der Waals surface area (Å²) in [5.74, 6) is 1.89. The predicted molar refractivity (Wildman–Crippen MR) is 87.8 cm³/mol. The molecule has 1 fully saturated rings. The van der Waals surface area contributed by atoms with Crippen molar-refractivity contribution in [3.63, 3.8) is 0 Å². The van der Waals surface area contributed by atoms with Crippen LogP contribution in [0.1, 0.15) is 37.4 Å². The summed E-state index contributed by atoms with van der Waals surface area (Å²) in [7, 11) is 4.08. The number of ether oxygens (including phenoxy) is 1. The quantitative estimate of drug-likeness (QED) is 0.672. The molecule has 1 aromatic rings. The van der Waals surface area contributed by atoms with Gasteiger partial charge in [-0.15, -0.1) is 0 Å². The van der Waals surface area contributed by atoms with Crippen molar-refractivity contribution in [3.8, 4) is 0 Å². The average molecular weight is 291 g/mol. The van der Waals surface area contributed by atoms with E-state index < -0.39 is 0 Å². The van der Waals surface area contributed by atoms with E-state index in [1.165, 1.54) is 24.1 Å². The van der Waals surface area contributed by atoms with Crippen LogP contribution >= 0.6 is 0 Å². The second kappa shape index (κ2) is 8.35. The second-order valence-corrected chi connectivity index (χ2v) is 6.05. The van der Waals surface area contributed by atoms with Crippen molar-refractivity contribution in [2.24, 2.45) is 5.92 Å². The fourth-order valence-electron chi connectivity index (χ4n) is 2.37. The molecular formula is C17H29N3O. The summed E-state index contributed by atoms with van der Waals surface area (Å²) in [6, 6.07) is 4.39. The van der Waals surface area contributed by atoms with E-state index in [0.29, 0.717) is 0 Å². The molecule has 4 heteroatoms. The number of likely N-dealkylation sites (N-methyl/N-ethyl adjacent to an activating group) is 1. The zero-order valence-corrected chi connectivity index (χ0v) is 13.7. The van der Waals surface area contributed by atoms with Crippen LogP contribution in [0.15, 0.2) is 12.1 Å². The largest absolute Gasteiger partial charge is 0.379 e. The molecule has 4 nitrogen and oxygen atoms in total. The highest BCUT2D eigenvalue weighted by atomic mass is 16.5. The van der Waals surface area contributed by atoms with Gasteiger partial charge < -0.3 is 15.0 Å². The Bertz CT molecular complexity index is 408. The first kappa shape index (κ1) is 16.2. The number of aryl methyl sites for hydroxylation is 1. The number of nitrogens with zero attached hydrogens (tertiary/aromatic N) is 2. The Kier molecular flexibility index (Phi) is 6.46. The maximum atomic E-state index is 5.72. The number of hydrogen-bond donors (Lipinski definition) is 1. The second-order valence-electron chi connectivity index (χ2n) is 6.05. The van der Waals surface area contributed by atoms with Crippen LogP contribution in [0.4, 0.5) is 5.82 Å². The molecule has 118 valence electrons. The average Bonchev–Trinajstić information content (AvgIpc) is 3.28. The van der Waals surface area contributed by atoms with Crippen LogP contribution < -0.4 is 10.2 Å². The van der Waals surface area contributed by atoms with Crippen molar-refractivity contribution in [1.29, 1.82) is 0 Å². The molecule has 1 aliphatic rings. The Morgan fingerprint density at radius 3 is 2.86 bits per heavy atom. The fraction of sp³-hybridized carbons (Fsp3) is 0.706. The summed E-state index contributed by atoms with van der Waals surface area (Å²) >= 11 is 0. The van der Waals surface area contributed by atoms with E-state index in [0.717, 1.165) is 50.9 Å². The van der Waals surface area contributed by atoms with Crippen LogP contribution in [-0.2, 0) is 17.7 Å². The van der Waals surface area contributed by atoms with E-state index in [2.05, 4.69) is 36.3 Å². The predicted octanol–water partition coefficient (Wildman–Crippen LogP) is 2.62. The molecule has 2 rings (SSSR count). The van der Waals surface area contributed by atoms with Gasteiger partial charge in [0.15, 0.2) is 0 Å². The summed E-state index contributed by atoms with van der Waals surface area (Å²) in [4.78, 5) is 6.97. The van der Waals surface area contributed by atoms with Crippen molar-refractivity contribution < 1.29 is 4.74 Å². The molecule has 0 bridgehead atoms. The third kappa shape index (κ3) is 5.64. The minimum absolute atomic E-state index is 0.786.